The number of hydrogen-bond acceptors (Lipinski definition) is 3. The van der Waals surface area contributed by atoms with Gasteiger partial charge in [-0.25, -0.2) is 8.78 Å². The monoisotopic (exact) mass is 430 g/mol. The molecule has 2 rings (SSSR count). The quantitative estimate of drug-likeness (QED) is 0.296. The molecule has 1 radical (unpaired) electrons. The summed E-state index contributed by atoms with van der Waals surface area (Å²) < 4.78 is 28.8. The van der Waals surface area contributed by atoms with Gasteiger partial charge in [0, 0.05) is 79.1 Å². The van der Waals surface area contributed by atoms with Gasteiger partial charge in [0.1, 0.15) is 16.0 Å². The van der Waals surface area contributed by atoms with Gasteiger partial charge >= 0.3 is 0 Å². The second-order valence-electron chi connectivity index (χ2n) is 4.03. The van der Waals surface area contributed by atoms with Gasteiger partial charge in [-0.2, -0.15) is 0 Å². The SMILES string of the molecule is O=C(Cc1c(F)cc2ncc(Br)cc2c1F)NNC(=S)S.[K]. The Morgan fingerprint density at radius 2 is 2.05 bits per heavy atom. The largest absolute Gasteiger partial charge is 0.283 e. The molecule has 0 bridgehead atoms. The molecule has 1 aromatic carbocycles. The minimum absolute atomic E-state index is 0. The fourth-order valence-electron chi connectivity index (χ4n) is 1.71. The number of carbonyl (C=O) groups excluding carboxylic acids is 1. The van der Waals surface area contributed by atoms with Crippen LogP contribution in [0.2, 0.25) is 0 Å². The number of halogens is 3. The van der Waals surface area contributed by atoms with E-state index in [2.05, 4.69) is 56.6 Å². The van der Waals surface area contributed by atoms with Crippen LogP contribution in [-0.4, -0.2) is 66.6 Å². The van der Waals surface area contributed by atoms with Gasteiger partial charge in [0.25, 0.3) is 0 Å². The summed E-state index contributed by atoms with van der Waals surface area (Å²) in [7, 11) is 0. The summed E-state index contributed by atoms with van der Waals surface area (Å²) in [5.41, 5.74) is 4.29. The van der Waals surface area contributed by atoms with E-state index < -0.39 is 24.0 Å². The number of nitrogens with one attached hydrogen (secondary N) is 2. The second kappa shape index (κ2) is 8.97. The number of fused-ring (bicyclic) bond motifs is 1. The maximum absolute atomic E-state index is 14.3. The first-order chi connectivity index (χ1) is 9.88. The zero-order valence-electron chi connectivity index (χ0n) is 11.3. The van der Waals surface area contributed by atoms with Crippen LogP contribution in [0, 0.1) is 11.6 Å². The van der Waals surface area contributed by atoms with Crippen molar-refractivity contribution < 1.29 is 13.6 Å². The van der Waals surface area contributed by atoms with Crippen molar-refractivity contribution >= 4 is 113 Å². The predicted octanol–water partition coefficient (Wildman–Crippen LogP) is 2.27. The Kier molecular flexibility index (Phi) is 8.30. The number of amides is 1. The maximum Gasteiger partial charge on any atom is 0.242 e. The van der Waals surface area contributed by atoms with Gasteiger partial charge in [-0.05, 0) is 22.0 Å². The van der Waals surface area contributed by atoms with Gasteiger partial charge in [0.05, 0.1) is 11.9 Å². The zero-order chi connectivity index (χ0) is 15.6. The molecule has 2 aromatic rings. The van der Waals surface area contributed by atoms with Crippen molar-refractivity contribution in [3.63, 3.8) is 0 Å². The molecule has 111 valence electrons. The van der Waals surface area contributed by atoms with Gasteiger partial charge in [-0.15, -0.1) is 12.6 Å². The Morgan fingerprint density at radius 3 is 2.68 bits per heavy atom. The Hall–Kier alpha value is 0.316. The molecular formula is C12H8BrF2KN3OS2. The van der Waals surface area contributed by atoms with Crippen molar-refractivity contribution in [3.05, 3.63) is 40.0 Å². The smallest absolute Gasteiger partial charge is 0.242 e. The van der Waals surface area contributed by atoms with Crippen LogP contribution >= 0.6 is 40.8 Å². The van der Waals surface area contributed by atoms with Gasteiger partial charge in [0.15, 0.2) is 0 Å². The molecule has 1 aromatic heterocycles. The molecule has 0 aliphatic rings. The summed E-state index contributed by atoms with van der Waals surface area (Å²) in [5.74, 6) is -2.30. The number of hydrogen-bond donors (Lipinski definition) is 3. The molecule has 0 aliphatic heterocycles. The first-order valence-corrected chi connectivity index (χ1v) is 7.23. The summed E-state index contributed by atoms with van der Waals surface area (Å²) in [6.07, 6.45) is 0.953. The molecule has 0 spiro atoms. The van der Waals surface area contributed by atoms with Crippen LogP contribution in [0.25, 0.3) is 10.9 Å². The van der Waals surface area contributed by atoms with Crippen LogP contribution in [0.3, 0.4) is 0 Å². The van der Waals surface area contributed by atoms with E-state index >= 15 is 0 Å². The van der Waals surface area contributed by atoms with Gasteiger partial charge < -0.3 is 0 Å². The van der Waals surface area contributed by atoms with Crippen LogP contribution in [0.5, 0.6) is 0 Å². The second-order valence-corrected chi connectivity index (χ2v) is 6.10. The molecular weight excluding hydrogens is 423 g/mol. The Labute approximate surface area is 186 Å². The number of aromatic nitrogens is 1. The first kappa shape index (κ1) is 20.4. The number of rotatable bonds is 2. The van der Waals surface area contributed by atoms with E-state index in [1.165, 1.54) is 12.3 Å². The van der Waals surface area contributed by atoms with Gasteiger partial charge in [-0.3, -0.25) is 20.6 Å². The molecule has 10 heteroatoms. The van der Waals surface area contributed by atoms with Gasteiger partial charge in [-0.1, -0.05) is 12.2 Å². The third kappa shape index (κ3) is 5.16. The van der Waals surface area contributed by atoms with Crippen molar-refractivity contribution in [1.82, 2.24) is 15.8 Å². The summed E-state index contributed by atoms with van der Waals surface area (Å²) in [5, 5.41) is 0.131. The molecule has 1 amide bonds. The fourth-order valence-corrected chi connectivity index (χ4v) is 2.14. The summed E-state index contributed by atoms with van der Waals surface area (Å²) in [6.45, 7) is 0. The average molecular weight is 431 g/mol. The molecule has 0 saturated heterocycles. The van der Waals surface area contributed by atoms with Gasteiger partial charge in [0.2, 0.25) is 5.91 Å². The number of thiol groups is 1. The van der Waals surface area contributed by atoms with Crippen molar-refractivity contribution in [2.45, 2.75) is 6.42 Å². The van der Waals surface area contributed by atoms with Crippen molar-refractivity contribution in [2.24, 2.45) is 0 Å². The van der Waals surface area contributed by atoms with E-state index in [1.54, 1.807) is 0 Å². The maximum atomic E-state index is 14.3. The van der Waals surface area contributed by atoms with E-state index in [4.69, 9.17) is 0 Å². The number of benzene rings is 1. The molecule has 0 unspecified atom stereocenters. The Morgan fingerprint density at radius 1 is 1.36 bits per heavy atom. The van der Waals surface area contributed by atoms with E-state index in [-0.39, 0.29) is 72.2 Å². The molecule has 0 fully saturated rings. The molecule has 22 heavy (non-hydrogen) atoms. The molecule has 4 nitrogen and oxygen atoms in total. The zero-order valence-corrected chi connectivity index (χ0v) is 17.7. The minimum atomic E-state index is -0.835. The molecule has 0 atom stereocenters. The minimum Gasteiger partial charge on any atom is -0.283 e. The van der Waals surface area contributed by atoms with Crippen LogP contribution < -0.4 is 10.9 Å². The van der Waals surface area contributed by atoms with Crippen LogP contribution in [0.4, 0.5) is 8.78 Å². The van der Waals surface area contributed by atoms with Crippen molar-refractivity contribution in [2.75, 3.05) is 0 Å². The molecule has 0 saturated carbocycles. The third-order valence-electron chi connectivity index (χ3n) is 2.58. The number of pyridine rings is 1. The summed E-state index contributed by atoms with van der Waals surface area (Å²) in [6, 6.07) is 2.56. The molecule has 2 N–H and O–H groups in total. The Balaban J connectivity index is 0.00000242. The average Bonchev–Trinajstić information content (AvgIpc) is 2.42. The molecule has 0 aliphatic carbocycles. The van der Waals surface area contributed by atoms with E-state index in [1.807, 2.05) is 0 Å². The topological polar surface area (TPSA) is 54.0 Å². The number of thiocarbonyl (C=S) groups is 1. The standard InChI is InChI=1S/C12H8BrF2N3OS2.K/c13-5-1-7-9(16-4-5)3-8(14)6(11(7)15)2-10(19)17-18-12(20)21;/h1,3-4H,2H2,(H,17,19)(H2,18,20,21);. The first-order valence-electron chi connectivity index (χ1n) is 5.58. The van der Waals surface area contributed by atoms with E-state index in [9.17, 15) is 13.6 Å². The Bertz CT molecular complexity index is 748. The number of carbonyl (C=O) groups is 1. The van der Waals surface area contributed by atoms with E-state index in [0.717, 1.165) is 6.07 Å². The van der Waals surface area contributed by atoms with Crippen LogP contribution in [-0.2, 0) is 11.2 Å². The summed E-state index contributed by atoms with van der Waals surface area (Å²) >= 11 is 11.5. The fraction of sp³-hybridized carbons (Fsp3) is 0.0833. The molecule has 1 heterocycles. The van der Waals surface area contributed by atoms with Crippen LogP contribution in [0.15, 0.2) is 22.8 Å². The summed E-state index contributed by atoms with van der Waals surface area (Å²) in [4.78, 5) is 15.5. The number of hydrazine groups is 1. The normalized spacial score (nSPS) is 10.0. The van der Waals surface area contributed by atoms with Crippen LogP contribution in [0.1, 0.15) is 5.56 Å². The third-order valence-corrected chi connectivity index (χ3v) is 3.23. The van der Waals surface area contributed by atoms with E-state index in [0.29, 0.717) is 4.47 Å². The predicted molar refractivity (Wildman–Crippen MR) is 91.7 cm³/mol. The number of nitrogens with zero attached hydrogens (tertiary/aromatic N) is 1. The van der Waals surface area contributed by atoms with Crippen molar-refractivity contribution in [1.29, 1.82) is 0 Å². The van der Waals surface area contributed by atoms with Crippen molar-refractivity contribution in [3.8, 4) is 0 Å².